The van der Waals surface area contributed by atoms with Crippen LogP contribution in [0.3, 0.4) is 0 Å². The zero-order chi connectivity index (χ0) is 10.5. The molecule has 2 nitrogen and oxygen atoms in total. The van der Waals surface area contributed by atoms with E-state index in [1.54, 1.807) is 11.1 Å². The van der Waals surface area contributed by atoms with Crippen molar-refractivity contribution in [2.45, 2.75) is 32.2 Å². The third-order valence-corrected chi connectivity index (χ3v) is 3.04. The van der Waals surface area contributed by atoms with Crippen molar-refractivity contribution in [1.29, 1.82) is 0 Å². The molecule has 0 saturated heterocycles. The number of nitrogens with one attached hydrogen (secondary N) is 2. The first kappa shape index (κ1) is 10.7. The molecule has 0 aliphatic heterocycles. The quantitative estimate of drug-likeness (QED) is 0.577. The summed E-state index contributed by atoms with van der Waals surface area (Å²) in [4.78, 5) is 0. The first-order chi connectivity index (χ1) is 7.40. The topological polar surface area (TPSA) is 24.1 Å². The third kappa shape index (κ3) is 2.80. The van der Waals surface area contributed by atoms with Gasteiger partial charge in [-0.25, -0.2) is 0 Å². The van der Waals surface area contributed by atoms with E-state index >= 15 is 0 Å². The van der Waals surface area contributed by atoms with Gasteiger partial charge in [0, 0.05) is 13.2 Å². The molecule has 82 valence electrons. The normalized spacial score (nSPS) is 15.0. The maximum atomic E-state index is 3.35. The SMILES string of the molecule is CNCNCc1ccc2c(c1)CCCC2. The molecule has 0 aromatic heterocycles. The molecule has 0 bridgehead atoms. The van der Waals surface area contributed by atoms with Gasteiger partial charge < -0.3 is 10.6 Å². The van der Waals surface area contributed by atoms with E-state index in [1.165, 1.54) is 31.2 Å². The summed E-state index contributed by atoms with van der Waals surface area (Å²) in [6, 6.07) is 6.94. The molecule has 1 aliphatic rings. The summed E-state index contributed by atoms with van der Waals surface area (Å²) in [5, 5.41) is 6.44. The minimum Gasteiger partial charge on any atom is -0.308 e. The molecule has 15 heavy (non-hydrogen) atoms. The largest absolute Gasteiger partial charge is 0.308 e. The van der Waals surface area contributed by atoms with Gasteiger partial charge in [0.1, 0.15) is 0 Å². The van der Waals surface area contributed by atoms with Crippen LogP contribution in [0, 0.1) is 0 Å². The summed E-state index contributed by atoms with van der Waals surface area (Å²) < 4.78 is 0. The Morgan fingerprint density at radius 1 is 1.13 bits per heavy atom. The third-order valence-electron chi connectivity index (χ3n) is 3.04. The Hall–Kier alpha value is -0.860. The maximum Gasteiger partial charge on any atom is 0.0454 e. The zero-order valence-electron chi connectivity index (χ0n) is 9.47. The Morgan fingerprint density at radius 3 is 2.73 bits per heavy atom. The Morgan fingerprint density at radius 2 is 1.93 bits per heavy atom. The van der Waals surface area contributed by atoms with Crippen LogP contribution in [0.2, 0.25) is 0 Å². The molecule has 0 saturated carbocycles. The van der Waals surface area contributed by atoms with Crippen molar-refractivity contribution in [3.63, 3.8) is 0 Å². The molecule has 0 unspecified atom stereocenters. The number of hydrogen-bond donors (Lipinski definition) is 2. The fourth-order valence-corrected chi connectivity index (χ4v) is 2.23. The number of aryl methyl sites for hydroxylation is 2. The van der Waals surface area contributed by atoms with Gasteiger partial charge in [0.25, 0.3) is 0 Å². The molecule has 0 radical (unpaired) electrons. The van der Waals surface area contributed by atoms with Crippen molar-refractivity contribution in [2.75, 3.05) is 13.7 Å². The van der Waals surface area contributed by atoms with Crippen LogP contribution in [0.5, 0.6) is 0 Å². The van der Waals surface area contributed by atoms with Gasteiger partial charge in [-0.15, -0.1) is 0 Å². The van der Waals surface area contributed by atoms with E-state index in [0.717, 1.165) is 13.2 Å². The van der Waals surface area contributed by atoms with Crippen LogP contribution < -0.4 is 10.6 Å². The average molecular weight is 204 g/mol. The second-order valence-corrected chi connectivity index (χ2v) is 4.27. The lowest BCUT2D eigenvalue weighted by Gasteiger charge is -2.16. The van der Waals surface area contributed by atoms with Gasteiger partial charge in [0.05, 0.1) is 0 Å². The monoisotopic (exact) mass is 204 g/mol. The van der Waals surface area contributed by atoms with Gasteiger partial charge >= 0.3 is 0 Å². The molecule has 1 aromatic carbocycles. The Bertz CT molecular complexity index is 320. The van der Waals surface area contributed by atoms with E-state index in [-0.39, 0.29) is 0 Å². The Labute approximate surface area is 92.1 Å². The molecule has 0 atom stereocenters. The van der Waals surface area contributed by atoms with Gasteiger partial charge in [0.15, 0.2) is 0 Å². The van der Waals surface area contributed by atoms with E-state index in [4.69, 9.17) is 0 Å². The lowest BCUT2D eigenvalue weighted by molar-refractivity contribution is 0.629. The van der Waals surface area contributed by atoms with Gasteiger partial charge in [-0.05, 0) is 49.4 Å². The Balaban J connectivity index is 2.00. The molecule has 1 aromatic rings. The fraction of sp³-hybridized carbons (Fsp3) is 0.538. The lowest BCUT2D eigenvalue weighted by Crippen LogP contribution is -2.25. The highest BCUT2D eigenvalue weighted by atomic mass is 15.0. The molecule has 1 aliphatic carbocycles. The lowest BCUT2D eigenvalue weighted by atomic mass is 9.90. The van der Waals surface area contributed by atoms with E-state index in [1.807, 2.05) is 7.05 Å². The van der Waals surface area contributed by atoms with Gasteiger partial charge in [-0.2, -0.15) is 0 Å². The van der Waals surface area contributed by atoms with Crippen LogP contribution in [0.4, 0.5) is 0 Å². The number of fused-ring (bicyclic) bond motifs is 1. The van der Waals surface area contributed by atoms with Gasteiger partial charge in [0.2, 0.25) is 0 Å². The van der Waals surface area contributed by atoms with Crippen molar-refractivity contribution in [1.82, 2.24) is 10.6 Å². The zero-order valence-corrected chi connectivity index (χ0v) is 9.47. The van der Waals surface area contributed by atoms with Crippen LogP contribution in [0.15, 0.2) is 18.2 Å². The van der Waals surface area contributed by atoms with Gasteiger partial charge in [-0.1, -0.05) is 18.2 Å². The predicted molar refractivity (Wildman–Crippen MR) is 63.9 cm³/mol. The molecule has 2 heteroatoms. The van der Waals surface area contributed by atoms with Crippen molar-refractivity contribution >= 4 is 0 Å². The summed E-state index contributed by atoms with van der Waals surface area (Å²) in [6.45, 7) is 1.84. The molecule has 0 spiro atoms. The van der Waals surface area contributed by atoms with Crippen molar-refractivity contribution in [2.24, 2.45) is 0 Å². The minimum atomic E-state index is 0.872. The molecule has 0 fully saturated rings. The van der Waals surface area contributed by atoms with Crippen LogP contribution >= 0.6 is 0 Å². The summed E-state index contributed by atoms with van der Waals surface area (Å²) >= 11 is 0. The van der Waals surface area contributed by atoms with E-state index in [2.05, 4.69) is 28.8 Å². The summed E-state index contributed by atoms with van der Waals surface area (Å²) in [5.41, 5.74) is 4.55. The van der Waals surface area contributed by atoms with Crippen LogP contribution in [0.1, 0.15) is 29.5 Å². The smallest absolute Gasteiger partial charge is 0.0454 e. The standard InChI is InChI=1S/C13H20N2/c1-14-10-15-9-11-6-7-12-4-2-3-5-13(12)8-11/h6-8,14-15H,2-5,9-10H2,1H3. The number of rotatable bonds is 4. The van der Waals surface area contributed by atoms with Crippen molar-refractivity contribution in [3.8, 4) is 0 Å². The first-order valence-corrected chi connectivity index (χ1v) is 5.86. The second kappa shape index (κ2) is 5.29. The van der Waals surface area contributed by atoms with Gasteiger partial charge in [-0.3, -0.25) is 0 Å². The number of benzene rings is 1. The fourth-order valence-electron chi connectivity index (χ4n) is 2.23. The van der Waals surface area contributed by atoms with Crippen LogP contribution in [-0.4, -0.2) is 13.7 Å². The molecule has 0 heterocycles. The van der Waals surface area contributed by atoms with Crippen LogP contribution in [0.25, 0.3) is 0 Å². The molecule has 0 amide bonds. The van der Waals surface area contributed by atoms with Crippen molar-refractivity contribution in [3.05, 3.63) is 34.9 Å². The maximum absolute atomic E-state index is 3.35. The highest BCUT2D eigenvalue weighted by molar-refractivity contribution is 5.33. The summed E-state index contributed by atoms with van der Waals surface area (Å²) in [7, 11) is 1.96. The predicted octanol–water partition coefficient (Wildman–Crippen LogP) is 1.83. The Kier molecular flexibility index (Phi) is 3.75. The van der Waals surface area contributed by atoms with E-state index in [9.17, 15) is 0 Å². The van der Waals surface area contributed by atoms with E-state index < -0.39 is 0 Å². The average Bonchev–Trinajstić information content (AvgIpc) is 2.29. The second-order valence-electron chi connectivity index (χ2n) is 4.27. The van der Waals surface area contributed by atoms with Crippen LogP contribution in [-0.2, 0) is 19.4 Å². The highest BCUT2D eigenvalue weighted by Crippen LogP contribution is 2.22. The summed E-state index contributed by atoms with van der Waals surface area (Å²) in [6.07, 6.45) is 5.28. The minimum absolute atomic E-state index is 0.872. The number of hydrogen-bond acceptors (Lipinski definition) is 2. The highest BCUT2D eigenvalue weighted by Gasteiger charge is 2.08. The molecular weight excluding hydrogens is 184 g/mol. The molecule has 2 N–H and O–H groups in total. The first-order valence-electron chi connectivity index (χ1n) is 5.86. The van der Waals surface area contributed by atoms with E-state index in [0.29, 0.717) is 0 Å². The molecule has 2 rings (SSSR count). The molecular formula is C13H20N2. The summed E-state index contributed by atoms with van der Waals surface area (Å²) in [5.74, 6) is 0. The van der Waals surface area contributed by atoms with Crippen molar-refractivity contribution < 1.29 is 0 Å².